The first-order chi connectivity index (χ1) is 26.9. The molecule has 2 aliphatic carbocycles. The summed E-state index contributed by atoms with van der Waals surface area (Å²) in [6.45, 7) is 18.9. The van der Waals surface area contributed by atoms with E-state index in [0.717, 1.165) is 19.3 Å². The molecule has 296 valence electrons. The molecule has 0 N–H and O–H groups in total. The summed E-state index contributed by atoms with van der Waals surface area (Å²) in [6, 6.07) is 51.3. The van der Waals surface area contributed by atoms with Crippen LogP contribution in [0, 0.1) is 13.8 Å². The van der Waals surface area contributed by atoms with Gasteiger partial charge in [-0.2, -0.15) is 0 Å². The number of halogens is 2. The van der Waals surface area contributed by atoms with E-state index in [1.54, 1.807) is 17.6 Å². The summed E-state index contributed by atoms with van der Waals surface area (Å²) in [4.78, 5) is 0. The van der Waals surface area contributed by atoms with Gasteiger partial charge in [0, 0.05) is 0 Å². The van der Waals surface area contributed by atoms with E-state index in [1.165, 1.54) is 66.8 Å². The second kappa shape index (κ2) is 17.8. The van der Waals surface area contributed by atoms with Gasteiger partial charge >= 0.3 is 346 Å². The summed E-state index contributed by atoms with van der Waals surface area (Å²) in [5, 5.41) is 0. The molecular formula is C55H58Cl2Zr. The third-order valence-corrected chi connectivity index (χ3v) is 20.4. The maximum atomic E-state index is 2.68. The van der Waals surface area contributed by atoms with Crippen molar-refractivity contribution in [3.8, 4) is 33.4 Å². The molecule has 6 aromatic rings. The van der Waals surface area contributed by atoms with Gasteiger partial charge in [0.05, 0.1) is 0 Å². The van der Waals surface area contributed by atoms with Crippen molar-refractivity contribution in [2.45, 2.75) is 89.1 Å². The number of hydrogen-bond acceptors (Lipinski definition) is 0. The zero-order valence-electron chi connectivity index (χ0n) is 35.4. The zero-order valence-corrected chi connectivity index (χ0v) is 39.5. The molecule has 0 nitrogen and oxygen atoms in total. The first kappa shape index (κ1) is 43.7. The molecule has 0 unspecified atom stereocenters. The summed E-state index contributed by atoms with van der Waals surface area (Å²) in [7, 11) is 0. The molecule has 2 aliphatic rings. The van der Waals surface area contributed by atoms with Gasteiger partial charge in [0.2, 0.25) is 0 Å². The number of rotatable bonds is 8. The van der Waals surface area contributed by atoms with Crippen LogP contribution < -0.4 is 0 Å². The zero-order chi connectivity index (χ0) is 39.2. The minimum absolute atomic E-state index is 0. The first-order valence-corrected chi connectivity index (χ1v) is 24.4. The SMILES string of the molecule is Cc1ccccc1-c1cc2c(cc1C(C)(C)C)-c1cc(C(C)(C)C)c(-c3ccccc3C)cc1[CH]2[Zr]([C]1=CC=CC1)=[C](Cc1ccccc1)Cc1ccccc1.Cl.Cl. The molecule has 0 amide bonds. The summed E-state index contributed by atoms with van der Waals surface area (Å²) >= 11 is -2.81. The van der Waals surface area contributed by atoms with E-state index in [0.29, 0.717) is 3.63 Å². The van der Waals surface area contributed by atoms with Crippen LogP contribution in [0.4, 0.5) is 0 Å². The molecule has 58 heavy (non-hydrogen) atoms. The van der Waals surface area contributed by atoms with Crippen molar-refractivity contribution in [1.29, 1.82) is 0 Å². The van der Waals surface area contributed by atoms with Gasteiger partial charge in [0.25, 0.3) is 0 Å². The van der Waals surface area contributed by atoms with Gasteiger partial charge in [-0.15, -0.1) is 24.8 Å². The number of aryl methyl sites for hydroxylation is 2. The third-order valence-electron chi connectivity index (χ3n) is 12.1. The first-order valence-electron chi connectivity index (χ1n) is 20.5. The topological polar surface area (TPSA) is 0 Å². The number of fused-ring (bicyclic) bond motifs is 3. The Morgan fingerprint density at radius 3 is 1.31 bits per heavy atom. The van der Waals surface area contributed by atoms with Gasteiger partial charge in [0.1, 0.15) is 0 Å². The fraction of sp³-hybridized carbons (Fsp3) is 0.255. The van der Waals surface area contributed by atoms with Crippen molar-refractivity contribution >= 4 is 28.0 Å². The average molecular weight is 881 g/mol. The minimum Gasteiger partial charge on any atom is -0.147 e. The molecule has 0 aromatic heterocycles. The Morgan fingerprint density at radius 2 is 0.931 bits per heavy atom. The largest absolute Gasteiger partial charge is 0.147 e. The summed E-state index contributed by atoms with van der Waals surface area (Å²) in [5.41, 5.74) is 19.9. The smallest absolute Gasteiger partial charge is 0.147 e. The maximum absolute atomic E-state index is 2.81. The molecule has 0 atom stereocenters. The average Bonchev–Trinajstić information content (AvgIpc) is 3.81. The van der Waals surface area contributed by atoms with Crippen LogP contribution in [0.2, 0.25) is 0 Å². The molecule has 0 heterocycles. The Kier molecular flexibility index (Phi) is 13.4. The predicted molar refractivity (Wildman–Crippen MR) is 253 cm³/mol. The molecule has 0 bridgehead atoms. The van der Waals surface area contributed by atoms with Crippen LogP contribution in [0.15, 0.2) is 155 Å². The van der Waals surface area contributed by atoms with Gasteiger partial charge in [-0.3, -0.25) is 0 Å². The van der Waals surface area contributed by atoms with E-state index in [4.69, 9.17) is 0 Å². The summed E-state index contributed by atoms with van der Waals surface area (Å²) < 4.78 is 3.84. The molecule has 0 radical (unpaired) electrons. The Bertz CT molecular complexity index is 2370. The Balaban J connectivity index is 0.00000283. The van der Waals surface area contributed by atoms with Crippen molar-refractivity contribution < 1.29 is 21.3 Å². The predicted octanol–water partition coefficient (Wildman–Crippen LogP) is 15.3. The van der Waals surface area contributed by atoms with Crippen LogP contribution >= 0.6 is 24.8 Å². The fourth-order valence-electron chi connectivity index (χ4n) is 9.29. The minimum atomic E-state index is -2.81. The van der Waals surface area contributed by atoms with E-state index in [-0.39, 0.29) is 35.6 Å². The molecule has 0 fully saturated rings. The maximum Gasteiger partial charge on any atom is -0.147 e. The van der Waals surface area contributed by atoms with Gasteiger partial charge in [-0.25, -0.2) is 0 Å². The standard InChI is InChI=1S/C35H37.C15H14.C5H5.2ClH.Zr/c1-22-13-9-11-15-26(22)30-18-24-17-25-19-31(27-16-12-10-14-23(27)2)33(35(6,7)8)21-29(25)28(24)20-32(30)34(3,4)5;1-3-8-14(9-4-1)12-7-13-15-10-5-2-6-11-15;1-2-4-5-3-1;;;/h9-21H,1-8H3;1-6,8-11H,12-13H2;1-3H,4H2;2*1H;. The molecule has 3 heteroatoms. The fourth-order valence-corrected chi connectivity index (χ4v) is 18.5. The van der Waals surface area contributed by atoms with Crippen LogP contribution in [0.5, 0.6) is 0 Å². The normalized spacial score (nSPS) is 13.3. The van der Waals surface area contributed by atoms with Crippen LogP contribution in [0.25, 0.3) is 33.4 Å². The van der Waals surface area contributed by atoms with Gasteiger partial charge in [-0.05, 0) is 0 Å². The molecular weight excluding hydrogens is 823 g/mol. The molecule has 0 saturated carbocycles. The Hall–Kier alpha value is -3.87. The molecule has 0 spiro atoms. The van der Waals surface area contributed by atoms with Crippen LogP contribution in [0.3, 0.4) is 0 Å². The van der Waals surface area contributed by atoms with Crippen molar-refractivity contribution in [2.75, 3.05) is 0 Å². The third kappa shape index (κ3) is 8.71. The van der Waals surface area contributed by atoms with Crippen molar-refractivity contribution in [1.82, 2.24) is 0 Å². The van der Waals surface area contributed by atoms with E-state index >= 15 is 0 Å². The van der Waals surface area contributed by atoms with Crippen molar-refractivity contribution in [3.05, 3.63) is 199 Å². The monoisotopic (exact) mass is 878 g/mol. The molecule has 6 aromatic carbocycles. The second-order valence-corrected chi connectivity index (χ2v) is 25.0. The van der Waals surface area contributed by atoms with E-state index in [2.05, 4.69) is 207 Å². The van der Waals surface area contributed by atoms with Gasteiger partial charge in [-0.1, -0.05) is 0 Å². The van der Waals surface area contributed by atoms with Crippen LogP contribution in [0.1, 0.15) is 96.1 Å². The summed E-state index contributed by atoms with van der Waals surface area (Å²) in [5.74, 6) is 0. The van der Waals surface area contributed by atoms with E-state index in [9.17, 15) is 0 Å². The van der Waals surface area contributed by atoms with Crippen LogP contribution in [-0.4, -0.2) is 3.21 Å². The van der Waals surface area contributed by atoms with E-state index in [1.807, 2.05) is 0 Å². The van der Waals surface area contributed by atoms with Crippen molar-refractivity contribution in [3.63, 3.8) is 0 Å². The molecule has 8 rings (SSSR count). The molecule has 0 aliphatic heterocycles. The second-order valence-electron chi connectivity index (χ2n) is 18.2. The van der Waals surface area contributed by atoms with Gasteiger partial charge in [0.15, 0.2) is 0 Å². The van der Waals surface area contributed by atoms with E-state index < -0.39 is 21.3 Å². The van der Waals surface area contributed by atoms with Gasteiger partial charge < -0.3 is 0 Å². The number of benzene rings is 6. The van der Waals surface area contributed by atoms with Crippen LogP contribution in [-0.2, 0) is 44.9 Å². The Morgan fingerprint density at radius 1 is 0.517 bits per heavy atom. The van der Waals surface area contributed by atoms with Crippen molar-refractivity contribution in [2.24, 2.45) is 0 Å². The quantitative estimate of drug-likeness (QED) is 0.143. The Labute approximate surface area is 368 Å². The molecule has 0 saturated heterocycles. The summed E-state index contributed by atoms with van der Waals surface area (Å²) in [6.07, 6.45) is 10.4. The number of hydrogen-bond donors (Lipinski definition) is 0. The number of allylic oxidation sites excluding steroid dienone is 4.